The number of thioether (sulfide) groups is 1. The van der Waals surface area contributed by atoms with Crippen molar-refractivity contribution in [2.75, 3.05) is 17.6 Å². The molecule has 16 heavy (non-hydrogen) atoms. The van der Waals surface area contributed by atoms with Gasteiger partial charge in [0.15, 0.2) is 5.17 Å². The van der Waals surface area contributed by atoms with Crippen LogP contribution in [0, 0.1) is 5.41 Å². The van der Waals surface area contributed by atoms with E-state index in [4.69, 9.17) is 22.7 Å². The van der Waals surface area contributed by atoms with Crippen LogP contribution in [0.3, 0.4) is 0 Å². The Bertz CT molecular complexity index is 368. The van der Waals surface area contributed by atoms with Gasteiger partial charge in [-0.1, -0.05) is 36.4 Å². The van der Waals surface area contributed by atoms with E-state index in [0.717, 1.165) is 23.4 Å². The van der Waals surface area contributed by atoms with Crippen molar-refractivity contribution in [3.63, 3.8) is 0 Å². The Hall–Kier alpha value is -0.710. The minimum absolute atomic E-state index is 0.435. The topological polar surface area (TPSA) is 61.9 Å². The van der Waals surface area contributed by atoms with Crippen LogP contribution in [-0.4, -0.2) is 17.5 Å². The number of benzene rings is 1. The van der Waals surface area contributed by atoms with Crippen molar-refractivity contribution in [2.24, 2.45) is 5.73 Å². The van der Waals surface area contributed by atoms with Crippen LogP contribution in [0.15, 0.2) is 18.2 Å². The van der Waals surface area contributed by atoms with Crippen LogP contribution in [0.25, 0.3) is 0 Å². The molecule has 0 unspecified atom stereocenters. The highest BCUT2D eigenvalue weighted by molar-refractivity contribution is 8.14. The molecule has 0 aliphatic heterocycles. The van der Waals surface area contributed by atoms with E-state index in [1.807, 2.05) is 25.1 Å². The predicted molar refractivity (Wildman–Crippen MR) is 73.7 cm³/mol. The summed E-state index contributed by atoms with van der Waals surface area (Å²) in [7, 11) is 0. The number of hydrogen-bond acceptors (Lipinski definition) is 3. The standard InChI is InChI=1S/C11H16ClN3S/c1-2-16-11(14)15-9-4-3-8(5-6-13)10(12)7-9/h3-4,7H,2,5-6,13H2,1H3,(H2,14,15). The van der Waals surface area contributed by atoms with Crippen LogP contribution >= 0.6 is 23.4 Å². The summed E-state index contributed by atoms with van der Waals surface area (Å²) in [5, 5.41) is 11.7. The van der Waals surface area contributed by atoms with E-state index in [1.54, 1.807) is 0 Å². The van der Waals surface area contributed by atoms with Crippen LogP contribution < -0.4 is 11.1 Å². The molecule has 0 aliphatic rings. The largest absolute Gasteiger partial charge is 0.335 e. The van der Waals surface area contributed by atoms with E-state index in [0.29, 0.717) is 16.7 Å². The normalized spacial score (nSPS) is 10.2. The van der Waals surface area contributed by atoms with Gasteiger partial charge in [-0.05, 0) is 36.4 Å². The highest BCUT2D eigenvalue weighted by Crippen LogP contribution is 2.22. The Morgan fingerprint density at radius 2 is 2.31 bits per heavy atom. The molecular weight excluding hydrogens is 242 g/mol. The second-order valence-electron chi connectivity index (χ2n) is 3.23. The fourth-order valence-corrected chi connectivity index (χ4v) is 2.05. The molecule has 0 fully saturated rings. The average molecular weight is 258 g/mol. The van der Waals surface area contributed by atoms with Gasteiger partial charge in [0.1, 0.15) is 0 Å². The maximum atomic E-state index is 7.62. The number of nitrogens with two attached hydrogens (primary N) is 1. The van der Waals surface area contributed by atoms with Gasteiger partial charge in [0.25, 0.3) is 0 Å². The molecule has 0 saturated heterocycles. The number of nitrogens with one attached hydrogen (secondary N) is 2. The molecule has 1 rings (SSSR count). The lowest BCUT2D eigenvalue weighted by Gasteiger charge is -2.09. The van der Waals surface area contributed by atoms with Gasteiger partial charge in [0.2, 0.25) is 0 Å². The Morgan fingerprint density at radius 3 is 2.88 bits per heavy atom. The van der Waals surface area contributed by atoms with Gasteiger partial charge in [-0.15, -0.1) is 0 Å². The quantitative estimate of drug-likeness (QED) is 0.574. The Balaban J connectivity index is 2.69. The zero-order chi connectivity index (χ0) is 12.0. The van der Waals surface area contributed by atoms with Crippen molar-refractivity contribution in [1.82, 2.24) is 0 Å². The average Bonchev–Trinajstić information content (AvgIpc) is 2.22. The number of amidine groups is 1. The number of halogens is 1. The molecular formula is C11H16ClN3S. The molecule has 1 aromatic rings. The summed E-state index contributed by atoms with van der Waals surface area (Å²) in [4.78, 5) is 0. The molecule has 0 aliphatic carbocycles. The molecule has 5 heteroatoms. The van der Waals surface area contributed by atoms with Gasteiger partial charge < -0.3 is 11.1 Å². The Morgan fingerprint density at radius 1 is 1.56 bits per heavy atom. The van der Waals surface area contributed by atoms with E-state index in [1.165, 1.54) is 11.8 Å². The van der Waals surface area contributed by atoms with Crippen LogP contribution in [0.4, 0.5) is 5.69 Å². The molecule has 0 bridgehead atoms. The number of anilines is 1. The predicted octanol–water partition coefficient (Wildman–Crippen LogP) is 2.94. The molecule has 0 atom stereocenters. The van der Waals surface area contributed by atoms with E-state index >= 15 is 0 Å². The second kappa shape index (κ2) is 6.78. The van der Waals surface area contributed by atoms with Crippen molar-refractivity contribution >= 4 is 34.2 Å². The molecule has 0 heterocycles. The first-order valence-electron chi connectivity index (χ1n) is 5.14. The third-order valence-electron chi connectivity index (χ3n) is 2.01. The highest BCUT2D eigenvalue weighted by atomic mass is 35.5. The van der Waals surface area contributed by atoms with E-state index in [-0.39, 0.29) is 0 Å². The minimum atomic E-state index is 0.435. The van der Waals surface area contributed by atoms with Crippen LogP contribution in [0.2, 0.25) is 5.02 Å². The molecule has 88 valence electrons. The molecule has 0 aromatic heterocycles. The monoisotopic (exact) mass is 257 g/mol. The molecule has 0 saturated carbocycles. The van der Waals surface area contributed by atoms with Crippen LogP contribution in [0.1, 0.15) is 12.5 Å². The lowest BCUT2D eigenvalue weighted by molar-refractivity contribution is 0.969. The molecule has 0 radical (unpaired) electrons. The third kappa shape index (κ3) is 4.04. The summed E-state index contributed by atoms with van der Waals surface area (Å²) in [5.41, 5.74) is 7.37. The van der Waals surface area contributed by atoms with Crippen molar-refractivity contribution in [3.05, 3.63) is 28.8 Å². The van der Waals surface area contributed by atoms with Gasteiger partial charge in [0.05, 0.1) is 0 Å². The van der Waals surface area contributed by atoms with E-state index < -0.39 is 0 Å². The second-order valence-corrected chi connectivity index (χ2v) is 4.91. The molecule has 0 spiro atoms. The minimum Gasteiger partial charge on any atom is -0.335 e. The summed E-state index contributed by atoms with van der Waals surface area (Å²) in [6, 6.07) is 5.69. The van der Waals surface area contributed by atoms with Crippen molar-refractivity contribution < 1.29 is 0 Å². The summed E-state index contributed by atoms with van der Waals surface area (Å²) in [6.45, 7) is 2.60. The summed E-state index contributed by atoms with van der Waals surface area (Å²) >= 11 is 7.55. The highest BCUT2D eigenvalue weighted by Gasteiger charge is 2.02. The van der Waals surface area contributed by atoms with E-state index in [9.17, 15) is 0 Å². The fraction of sp³-hybridized carbons (Fsp3) is 0.364. The number of rotatable bonds is 4. The SMILES string of the molecule is CCSC(=N)Nc1ccc(CCN)c(Cl)c1. The summed E-state index contributed by atoms with van der Waals surface area (Å²) < 4.78 is 0. The molecule has 3 nitrogen and oxygen atoms in total. The summed E-state index contributed by atoms with van der Waals surface area (Å²) in [5.74, 6) is 0.880. The van der Waals surface area contributed by atoms with Gasteiger partial charge in [-0.2, -0.15) is 0 Å². The molecule has 1 aromatic carbocycles. The maximum absolute atomic E-state index is 7.62. The zero-order valence-corrected chi connectivity index (χ0v) is 10.8. The van der Waals surface area contributed by atoms with Crippen molar-refractivity contribution in [3.8, 4) is 0 Å². The number of hydrogen-bond donors (Lipinski definition) is 3. The van der Waals surface area contributed by atoms with Crippen LogP contribution in [-0.2, 0) is 6.42 Å². The Kier molecular flexibility index (Phi) is 5.66. The summed E-state index contributed by atoms with van der Waals surface area (Å²) in [6.07, 6.45) is 0.778. The first-order chi connectivity index (χ1) is 7.67. The maximum Gasteiger partial charge on any atom is 0.158 e. The van der Waals surface area contributed by atoms with Gasteiger partial charge in [0, 0.05) is 10.7 Å². The smallest absolute Gasteiger partial charge is 0.158 e. The Labute approximate surface area is 105 Å². The third-order valence-corrected chi connectivity index (χ3v) is 3.04. The van der Waals surface area contributed by atoms with Gasteiger partial charge in [-0.3, -0.25) is 5.41 Å². The van der Waals surface area contributed by atoms with Crippen molar-refractivity contribution in [2.45, 2.75) is 13.3 Å². The van der Waals surface area contributed by atoms with Gasteiger partial charge >= 0.3 is 0 Å². The first kappa shape index (κ1) is 13.4. The molecule has 0 amide bonds. The lowest BCUT2D eigenvalue weighted by Crippen LogP contribution is -2.07. The zero-order valence-electron chi connectivity index (χ0n) is 9.22. The fourth-order valence-electron chi connectivity index (χ4n) is 1.29. The lowest BCUT2D eigenvalue weighted by atomic mass is 10.1. The van der Waals surface area contributed by atoms with E-state index in [2.05, 4.69) is 5.32 Å². The molecule has 4 N–H and O–H groups in total. The van der Waals surface area contributed by atoms with Crippen molar-refractivity contribution in [1.29, 1.82) is 5.41 Å². The first-order valence-corrected chi connectivity index (χ1v) is 6.50. The van der Waals surface area contributed by atoms with Crippen LogP contribution in [0.5, 0.6) is 0 Å². The van der Waals surface area contributed by atoms with Gasteiger partial charge in [-0.25, -0.2) is 0 Å².